The molecule has 4 rings (SSSR count). The highest BCUT2D eigenvalue weighted by molar-refractivity contribution is 6.32. The highest BCUT2D eigenvalue weighted by atomic mass is 35.5. The van der Waals surface area contributed by atoms with Crippen LogP contribution in [0.5, 0.6) is 17.2 Å². The summed E-state index contributed by atoms with van der Waals surface area (Å²) in [6.45, 7) is 6.05. The summed E-state index contributed by atoms with van der Waals surface area (Å²) in [5, 5.41) is 4.16. The molecule has 10 nitrogen and oxygen atoms in total. The average molecular weight is 565 g/mol. The molecule has 3 N–H and O–H groups in total. The van der Waals surface area contributed by atoms with E-state index in [4.69, 9.17) is 36.0 Å². The summed E-state index contributed by atoms with van der Waals surface area (Å²) in [6.07, 6.45) is 1.39. The summed E-state index contributed by atoms with van der Waals surface area (Å²) in [5.74, 6) is 0.547. The second kappa shape index (κ2) is 12.9. The van der Waals surface area contributed by atoms with E-state index in [0.29, 0.717) is 29.4 Å². The predicted octanol–water partition coefficient (Wildman–Crippen LogP) is 4.95. The molecule has 4 aromatic rings. The minimum absolute atomic E-state index is 0.0768. The number of aryl methyl sites for hydroxylation is 2. The summed E-state index contributed by atoms with van der Waals surface area (Å²) in [5.41, 5.74) is 11.4. The molecule has 2 aromatic heterocycles. The zero-order valence-corrected chi connectivity index (χ0v) is 23.0. The Morgan fingerprint density at radius 2 is 1.75 bits per heavy atom. The monoisotopic (exact) mass is 564 g/mol. The Balaban J connectivity index is 1.33. The van der Waals surface area contributed by atoms with Crippen LogP contribution in [-0.4, -0.2) is 35.8 Å². The van der Waals surface area contributed by atoms with E-state index in [1.807, 2.05) is 24.3 Å². The highest BCUT2D eigenvalue weighted by Gasteiger charge is 2.14. The van der Waals surface area contributed by atoms with E-state index in [2.05, 4.69) is 41.1 Å². The minimum Gasteiger partial charge on any atom is -0.490 e. The second-order valence-corrected chi connectivity index (χ2v) is 9.12. The molecule has 0 spiro atoms. The zero-order chi connectivity index (χ0) is 28.6. The van der Waals surface area contributed by atoms with Crippen molar-refractivity contribution in [2.45, 2.75) is 27.4 Å². The summed E-state index contributed by atoms with van der Waals surface area (Å²) in [7, 11) is 0. The number of hydrogen-bond acceptors (Lipinski definition) is 7. The standard InChI is InChI=1S/C29H29ClN4O6/c1-4-37-26-14-20(13-24(30)28(26)39-17-27(31)35)15-32-33-29(36)25-12-11-23(40-25)16-38-22-9-7-21(8-10-22)34-18(2)5-6-19(34)3/h5-15H,4,16-17H2,1-3H3,(H2,31,35)(H,33,36)/b32-15+. The highest BCUT2D eigenvalue weighted by Crippen LogP contribution is 2.36. The number of primary amides is 1. The van der Waals surface area contributed by atoms with Gasteiger partial charge in [-0.05, 0) is 87.0 Å². The van der Waals surface area contributed by atoms with Gasteiger partial charge in [0.25, 0.3) is 5.91 Å². The molecule has 208 valence electrons. The van der Waals surface area contributed by atoms with Gasteiger partial charge in [0, 0.05) is 17.1 Å². The molecule has 2 heterocycles. The van der Waals surface area contributed by atoms with Crippen molar-refractivity contribution in [3.8, 4) is 22.9 Å². The number of hydrazone groups is 1. The fraction of sp³-hybridized carbons (Fsp3) is 0.207. The molecule has 0 fully saturated rings. The average Bonchev–Trinajstić information content (AvgIpc) is 3.53. The minimum atomic E-state index is -0.646. The van der Waals surface area contributed by atoms with Crippen LogP contribution in [-0.2, 0) is 11.4 Å². The van der Waals surface area contributed by atoms with Gasteiger partial charge < -0.3 is 28.9 Å². The molecule has 2 amide bonds. The quantitative estimate of drug-likeness (QED) is 0.185. The van der Waals surface area contributed by atoms with Gasteiger partial charge in [-0.2, -0.15) is 5.10 Å². The van der Waals surface area contributed by atoms with E-state index < -0.39 is 11.8 Å². The molecule has 0 radical (unpaired) electrons. The molecular weight excluding hydrogens is 536 g/mol. The number of amides is 2. The maximum Gasteiger partial charge on any atom is 0.307 e. The number of aromatic nitrogens is 1. The number of carbonyl (C=O) groups is 2. The maximum absolute atomic E-state index is 12.5. The van der Waals surface area contributed by atoms with Gasteiger partial charge in [-0.25, -0.2) is 5.43 Å². The summed E-state index contributed by atoms with van der Waals surface area (Å²) in [6, 6.07) is 18.3. The number of halogens is 1. The van der Waals surface area contributed by atoms with Gasteiger partial charge in [-0.1, -0.05) is 11.6 Å². The lowest BCUT2D eigenvalue weighted by molar-refractivity contribution is -0.119. The van der Waals surface area contributed by atoms with E-state index in [-0.39, 0.29) is 29.7 Å². The molecule has 0 saturated carbocycles. The largest absolute Gasteiger partial charge is 0.490 e. The second-order valence-electron chi connectivity index (χ2n) is 8.72. The lowest BCUT2D eigenvalue weighted by atomic mass is 10.2. The Morgan fingerprint density at radius 3 is 2.42 bits per heavy atom. The van der Waals surface area contributed by atoms with Gasteiger partial charge in [-0.15, -0.1) is 0 Å². The number of rotatable bonds is 12. The molecule has 0 aliphatic carbocycles. The number of nitrogens with zero attached hydrogens (tertiary/aromatic N) is 2. The van der Waals surface area contributed by atoms with E-state index in [1.165, 1.54) is 6.21 Å². The van der Waals surface area contributed by atoms with Gasteiger partial charge in [0.15, 0.2) is 23.9 Å². The van der Waals surface area contributed by atoms with E-state index in [9.17, 15) is 9.59 Å². The number of furan rings is 1. The van der Waals surface area contributed by atoms with Crippen LogP contribution >= 0.6 is 11.6 Å². The summed E-state index contributed by atoms with van der Waals surface area (Å²) >= 11 is 6.28. The van der Waals surface area contributed by atoms with Gasteiger partial charge >= 0.3 is 5.91 Å². The van der Waals surface area contributed by atoms with Crippen molar-refractivity contribution in [1.29, 1.82) is 0 Å². The normalized spacial score (nSPS) is 11.0. The first-order valence-corrected chi connectivity index (χ1v) is 12.8. The van der Waals surface area contributed by atoms with Crippen LogP contribution in [0.15, 0.2) is 70.2 Å². The smallest absolute Gasteiger partial charge is 0.307 e. The van der Waals surface area contributed by atoms with Crippen LogP contribution in [0.25, 0.3) is 5.69 Å². The van der Waals surface area contributed by atoms with Crippen LogP contribution in [0.3, 0.4) is 0 Å². The molecule has 0 atom stereocenters. The van der Waals surface area contributed by atoms with Crippen LogP contribution < -0.4 is 25.4 Å². The third-order valence-corrected chi connectivity index (χ3v) is 5.98. The molecule has 0 bridgehead atoms. The first kappa shape index (κ1) is 28.3. The van der Waals surface area contributed by atoms with Gasteiger partial charge in [0.1, 0.15) is 18.1 Å². The number of nitrogens with two attached hydrogens (primary N) is 1. The van der Waals surface area contributed by atoms with Crippen molar-refractivity contribution in [2.24, 2.45) is 10.8 Å². The van der Waals surface area contributed by atoms with Gasteiger partial charge in [-0.3, -0.25) is 9.59 Å². The topological polar surface area (TPSA) is 130 Å². The van der Waals surface area contributed by atoms with Crippen LogP contribution in [0.4, 0.5) is 0 Å². The van der Waals surface area contributed by atoms with Crippen molar-refractivity contribution < 1.29 is 28.2 Å². The van der Waals surface area contributed by atoms with Crippen LogP contribution in [0.1, 0.15) is 40.2 Å². The van der Waals surface area contributed by atoms with Crippen LogP contribution in [0, 0.1) is 13.8 Å². The van der Waals surface area contributed by atoms with E-state index >= 15 is 0 Å². The molecular formula is C29H29ClN4O6. The molecule has 11 heteroatoms. The van der Waals surface area contributed by atoms with Gasteiger partial charge in [0.05, 0.1) is 17.8 Å². The zero-order valence-electron chi connectivity index (χ0n) is 22.3. The number of hydrogen-bond donors (Lipinski definition) is 2. The number of carbonyl (C=O) groups excluding carboxylic acids is 2. The predicted molar refractivity (Wildman–Crippen MR) is 151 cm³/mol. The fourth-order valence-corrected chi connectivity index (χ4v) is 4.20. The molecule has 2 aromatic carbocycles. The summed E-state index contributed by atoms with van der Waals surface area (Å²) < 4.78 is 24.5. The SMILES string of the molecule is CCOc1cc(/C=N/NC(=O)c2ccc(COc3ccc(-n4c(C)ccc4C)cc3)o2)cc(Cl)c1OCC(N)=O. The number of nitrogens with one attached hydrogen (secondary N) is 1. The van der Waals surface area contributed by atoms with Gasteiger partial charge in [0.2, 0.25) is 0 Å². The van der Waals surface area contributed by atoms with E-state index in [1.54, 1.807) is 31.2 Å². The molecule has 0 aliphatic heterocycles. The lowest BCUT2D eigenvalue weighted by Gasteiger charge is -2.13. The molecule has 0 aliphatic rings. The maximum atomic E-state index is 12.5. The lowest BCUT2D eigenvalue weighted by Crippen LogP contribution is -2.20. The Kier molecular flexibility index (Phi) is 9.13. The third-order valence-electron chi connectivity index (χ3n) is 5.70. The fourth-order valence-electron chi connectivity index (χ4n) is 3.93. The van der Waals surface area contributed by atoms with Crippen molar-refractivity contribution in [3.63, 3.8) is 0 Å². The van der Waals surface area contributed by atoms with Crippen molar-refractivity contribution in [1.82, 2.24) is 9.99 Å². The Bertz CT molecular complexity index is 1500. The first-order chi connectivity index (χ1) is 19.2. The summed E-state index contributed by atoms with van der Waals surface area (Å²) in [4.78, 5) is 23.5. The number of ether oxygens (including phenoxy) is 3. The molecule has 0 saturated heterocycles. The van der Waals surface area contributed by atoms with Crippen LogP contribution in [0.2, 0.25) is 5.02 Å². The Hall–Kier alpha value is -4.70. The first-order valence-electron chi connectivity index (χ1n) is 12.4. The van der Waals surface area contributed by atoms with Crippen molar-refractivity contribution >= 4 is 29.6 Å². The van der Waals surface area contributed by atoms with Crippen molar-refractivity contribution in [2.75, 3.05) is 13.2 Å². The third kappa shape index (κ3) is 7.03. The van der Waals surface area contributed by atoms with Crippen molar-refractivity contribution in [3.05, 3.63) is 94.2 Å². The van der Waals surface area contributed by atoms with E-state index in [0.717, 1.165) is 17.1 Å². The Labute approximate surface area is 236 Å². The molecule has 40 heavy (non-hydrogen) atoms. The number of benzene rings is 2. The molecule has 0 unspecified atom stereocenters. The Morgan fingerprint density at radius 1 is 1.02 bits per heavy atom.